The van der Waals surface area contributed by atoms with Gasteiger partial charge in [-0.05, 0) is 37.5 Å². The highest BCUT2D eigenvalue weighted by Crippen LogP contribution is 2.36. The van der Waals surface area contributed by atoms with E-state index in [0.29, 0.717) is 24.9 Å². The van der Waals surface area contributed by atoms with Gasteiger partial charge in [-0.3, -0.25) is 4.90 Å². The SMILES string of the molecule is CCC1CN(C(C)c2ccc3c(c2)OCO3)C(CC)CN1. The van der Waals surface area contributed by atoms with Gasteiger partial charge < -0.3 is 14.8 Å². The average Bonchev–Trinajstić information content (AvgIpc) is 3.01. The summed E-state index contributed by atoms with van der Waals surface area (Å²) in [7, 11) is 0. The lowest BCUT2D eigenvalue weighted by atomic mass is 9.98. The van der Waals surface area contributed by atoms with Crippen LogP contribution in [-0.2, 0) is 0 Å². The molecule has 0 bridgehead atoms. The second kappa shape index (κ2) is 6.24. The summed E-state index contributed by atoms with van der Waals surface area (Å²) in [5.74, 6) is 1.75. The Labute approximate surface area is 127 Å². The third kappa shape index (κ3) is 2.87. The second-order valence-electron chi connectivity index (χ2n) is 6.06. The lowest BCUT2D eigenvalue weighted by molar-refractivity contribution is 0.0849. The Morgan fingerprint density at radius 1 is 1.24 bits per heavy atom. The third-order valence-corrected chi connectivity index (χ3v) is 4.88. The van der Waals surface area contributed by atoms with Crippen molar-refractivity contribution in [3.63, 3.8) is 0 Å². The highest BCUT2D eigenvalue weighted by atomic mass is 16.7. The zero-order chi connectivity index (χ0) is 14.8. The van der Waals surface area contributed by atoms with Crippen molar-refractivity contribution < 1.29 is 9.47 Å². The predicted octanol–water partition coefficient (Wildman–Crippen LogP) is 2.94. The number of nitrogens with one attached hydrogen (secondary N) is 1. The van der Waals surface area contributed by atoms with Gasteiger partial charge >= 0.3 is 0 Å². The molecule has 0 amide bonds. The van der Waals surface area contributed by atoms with Crippen LogP contribution in [0, 0.1) is 0 Å². The fourth-order valence-electron chi connectivity index (χ4n) is 3.38. The van der Waals surface area contributed by atoms with Gasteiger partial charge in [0.05, 0.1) is 0 Å². The molecule has 0 aliphatic carbocycles. The van der Waals surface area contributed by atoms with Crippen LogP contribution in [0.25, 0.3) is 0 Å². The summed E-state index contributed by atoms with van der Waals surface area (Å²) in [5, 5.41) is 3.66. The first kappa shape index (κ1) is 14.7. The first-order valence-corrected chi connectivity index (χ1v) is 8.11. The molecule has 2 aliphatic heterocycles. The maximum atomic E-state index is 5.52. The molecule has 1 aromatic rings. The molecule has 116 valence electrons. The van der Waals surface area contributed by atoms with E-state index < -0.39 is 0 Å². The van der Waals surface area contributed by atoms with Crippen LogP contribution in [0.2, 0.25) is 0 Å². The standard InChI is InChI=1S/C17H26N2O2/c1-4-14-10-19(15(5-2)9-18-14)12(3)13-6-7-16-17(8-13)21-11-20-16/h6-8,12,14-15,18H,4-5,9-11H2,1-3H3. The van der Waals surface area contributed by atoms with Crippen LogP contribution in [0.3, 0.4) is 0 Å². The summed E-state index contributed by atoms with van der Waals surface area (Å²) >= 11 is 0. The molecular weight excluding hydrogens is 264 g/mol. The average molecular weight is 290 g/mol. The number of benzene rings is 1. The number of piperazine rings is 1. The van der Waals surface area contributed by atoms with Crippen LogP contribution < -0.4 is 14.8 Å². The Balaban J connectivity index is 1.80. The van der Waals surface area contributed by atoms with Crippen LogP contribution in [0.5, 0.6) is 11.5 Å². The maximum Gasteiger partial charge on any atom is 0.231 e. The van der Waals surface area contributed by atoms with Crippen LogP contribution >= 0.6 is 0 Å². The van der Waals surface area contributed by atoms with Crippen molar-refractivity contribution in [2.45, 2.75) is 51.7 Å². The number of ether oxygens (including phenoxy) is 2. The molecule has 2 heterocycles. The van der Waals surface area contributed by atoms with E-state index in [9.17, 15) is 0 Å². The highest BCUT2D eigenvalue weighted by Gasteiger charge is 2.30. The molecule has 0 spiro atoms. The number of rotatable bonds is 4. The third-order valence-electron chi connectivity index (χ3n) is 4.88. The largest absolute Gasteiger partial charge is 0.454 e. The molecule has 0 aromatic heterocycles. The lowest BCUT2D eigenvalue weighted by Crippen LogP contribution is -2.56. The van der Waals surface area contributed by atoms with Crippen molar-refractivity contribution in [2.24, 2.45) is 0 Å². The first-order valence-electron chi connectivity index (χ1n) is 8.11. The van der Waals surface area contributed by atoms with Crippen molar-refractivity contribution in [3.8, 4) is 11.5 Å². The highest BCUT2D eigenvalue weighted by molar-refractivity contribution is 5.45. The summed E-state index contributed by atoms with van der Waals surface area (Å²) in [6.07, 6.45) is 2.36. The molecule has 3 rings (SSSR count). The zero-order valence-corrected chi connectivity index (χ0v) is 13.3. The van der Waals surface area contributed by atoms with Gasteiger partial charge in [0.1, 0.15) is 0 Å². The van der Waals surface area contributed by atoms with E-state index in [1.54, 1.807) is 0 Å². The van der Waals surface area contributed by atoms with Gasteiger partial charge in [-0.1, -0.05) is 19.9 Å². The smallest absolute Gasteiger partial charge is 0.231 e. The fraction of sp³-hybridized carbons (Fsp3) is 0.647. The molecule has 1 saturated heterocycles. The minimum Gasteiger partial charge on any atom is -0.454 e. The number of fused-ring (bicyclic) bond motifs is 1. The van der Waals surface area contributed by atoms with Crippen molar-refractivity contribution in [1.82, 2.24) is 10.2 Å². The molecule has 3 unspecified atom stereocenters. The predicted molar refractivity (Wildman–Crippen MR) is 83.8 cm³/mol. The van der Waals surface area contributed by atoms with E-state index >= 15 is 0 Å². The molecule has 1 N–H and O–H groups in total. The van der Waals surface area contributed by atoms with Crippen LogP contribution in [0.15, 0.2) is 18.2 Å². The molecule has 2 aliphatic rings. The molecular formula is C17H26N2O2. The number of nitrogens with zero attached hydrogens (tertiary/aromatic N) is 1. The molecule has 3 atom stereocenters. The van der Waals surface area contributed by atoms with Gasteiger partial charge in [0.15, 0.2) is 11.5 Å². The monoisotopic (exact) mass is 290 g/mol. The van der Waals surface area contributed by atoms with E-state index in [2.05, 4.69) is 43.1 Å². The molecule has 1 aromatic carbocycles. The minimum atomic E-state index is 0.344. The maximum absolute atomic E-state index is 5.52. The van der Waals surface area contributed by atoms with E-state index in [0.717, 1.165) is 24.6 Å². The molecule has 0 radical (unpaired) electrons. The van der Waals surface area contributed by atoms with Crippen molar-refractivity contribution in [3.05, 3.63) is 23.8 Å². The molecule has 1 fully saturated rings. The van der Waals surface area contributed by atoms with E-state index in [4.69, 9.17) is 9.47 Å². The Hall–Kier alpha value is -1.26. The van der Waals surface area contributed by atoms with Crippen LogP contribution in [-0.4, -0.2) is 36.9 Å². The molecule has 4 nitrogen and oxygen atoms in total. The van der Waals surface area contributed by atoms with Crippen molar-refractivity contribution in [1.29, 1.82) is 0 Å². The van der Waals surface area contributed by atoms with E-state index in [1.165, 1.54) is 18.4 Å². The van der Waals surface area contributed by atoms with Gasteiger partial charge in [0.25, 0.3) is 0 Å². The zero-order valence-electron chi connectivity index (χ0n) is 13.3. The summed E-state index contributed by atoms with van der Waals surface area (Å²) in [6, 6.07) is 7.96. The van der Waals surface area contributed by atoms with Crippen LogP contribution in [0.4, 0.5) is 0 Å². The van der Waals surface area contributed by atoms with E-state index in [-0.39, 0.29) is 0 Å². The molecule has 0 saturated carbocycles. The lowest BCUT2D eigenvalue weighted by Gasteiger charge is -2.43. The van der Waals surface area contributed by atoms with E-state index in [1.807, 2.05) is 6.07 Å². The minimum absolute atomic E-state index is 0.344. The summed E-state index contributed by atoms with van der Waals surface area (Å²) < 4.78 is 10.9. The first-order chi connectivity index (χ1) is 10.2. The van der Waals surface area contributed by atoms with Gasteiger partial charge in [0.2, 0.25) is 6.79 Å². The Morgan fingerprint density at radius 2 is 2.05 bits per heavy atom. The number of hydrogen-bond donors (Lipinski definition) is 1. The Morgan fingerprint density at radius 3 is 2.81 bits per heavy atom. The van der Waals surface area contributed by atoms with Crippen molar-refractivity contribution in [2.75, 3.05) is 19.9 Å². The second-order valence-corrected chi connectivity index (χ2v) is 6.06. The topological polar surface area (TPSA) is 33.7 Å². The summed E-state index contributed by atoms with van der Waals surface area (Å²) in [6.45, 7) is 9.38. The normalized spacial score (nSPS) is 26.8. The molecule has 21 heavy (non-hydrogen) atoms. The van der Waals surface area contributed by atoms with Gasteiger partial charge in [0, 0.05) is 31.2 Å². The molecule has 4 heteroatoms. The quantitative estimate of drug-likeness (QED) is 0.924. The van der Waals surface area contributed by atoms with Gasteiger partial charge in [-0.15, -0.1) is 0 Å². The summed E-state index contributed by atoms with van der Waals surface area (Å²) in [5.41, 5.74) is 1.31. The Bertz CT molecular complexity index is 492. The summed E-state index contributed by atoms with van der Waals surface area (Å²) in [4.78, 5) is 2.64. The van der Waals surface area contributed by atoms with Gasteiger partial charge in [-0.25, -0.2) is 0 Å². The number of hydrogen-bond acceptors (Lipinski definition) is 4. The van der Waals surface area contributed by atoms with Crippen LogP contribution in [0.1, 0.15) is 45.2 Å². The van der Waals surface area contributed by atoms with Crippen molar-refractivity contribution >= 4 is 0 Å². The van der Waals surface area contributed by atoms with Gasteiger partial charge in [-0.2, -0.15) is 0 Å². The Kier molecular flexibility index (Phi) is 4.36. The fourth-order valence-corrected chi connectivity index (χ4v) is 3.38.